The van der Waals surface area contributed by atoms with Crippen LogP contribution in [0.15, 0.2) is 6.07 Å². The molecule has 1 aromatic carbocycles. The van der Waals surface area contributed by atoms with E-state index in [4.69, 9.17) is 16.7 Å². The topological polar surface area (TPSA) is 57.5 Å². The fourth-order valence-corrected chi connectivity index (χ4v) is 1.08. The zero-order valence-electron chi connectivity index (χ0n) is 6.34. The number of halogens is 1. The molecule has 0 spiro atoms. The van der Waals surface area contributed by atoms with Gasteiger partial charge >= 0.3 is 0 Å². The summed E-state index contributed by atoms with van der Waals surface area (Å²) in [6.07, 6.45) is 0.496. The van der Waals surface area contributed by atoms with Crippen LogP contribution in [0.3, 0.4) is 0 Å². The van der Waals surface area contributed by atoms with Gasteiger partial charge < -0.3 is 10.2 Å². The molecule has 0 aliphatic heterocycles. The molecule has 4 heteroatoms. The molecule has 0 saturated heterocycles. The van der Waals surface area contributed by atoms with Crippen molar-refractivity contribution in [1.29, 1.82) is 0 Å². The highest BCUT2D eigenvalue weighted by molar-refractivity contribution is 6.33. The van der Waals surface area contributed by atoms with Crippen LogP contribution in [0.1, 0.15) is 15.9 Å². The fraction of sp³-hybridized carbons (Fsp3) is 0.125. The van der Waals surface area contributed by atoms with E-state index in [9.17, 15) is 9.90 Å². The van der Waals surface area contributed by atoms with E-state index in [1.807, 2.05) is 0 Å². The van der Waals surface area contributed by atoms with Crippen molar-refractivity contribution in [3.63, 3.8) is 0 Å². The first-order valence-electron chi connectivity index (χ1n) is 3.24. The Morgan fingerprint density at radius 2 is 2.08 bits per heavy atom. The number of hydrogen-bond acceptors (Lipinski definition) is 3. The predicted octanol–water partition coefficient (Wildman–Crippen LogP) is 1.87. The highest BCUT2D eigenvalue weighted by Gasteiger charge is 2.12. The lowest BCUT2D eigenvalue weighted by Gasteiger charge is -2.05. The summed E-state index contributed by atoms with van der Waals surface area (Å²) >= 11 is 5.47. The van der Waals surface area contributed by atoms with Gasteiger partial charge in [0.2, 0.25) is 0 Å². The minimum atomic E-state index is -0.371. The third-order valence-electron chi connectivity index (χ3n) is 1.58. The Morgan fingerprint density at radius 3 is 2.58 bits per heavy atom. The SMILES string of the molecule is Cc1cc(O)c(Cl)c(O)c1C=O. The number of carbonyl (C=O) groups is 1. The average molecular weight is 187 g/mol. The maximum absolute atomic E-state index is 10.4. The number of benzene rings is 1. The normalized spacial score (nSPS) is 9.83. The van der Waals surface area contributed by atoms with Crippen LogP contribution in [0.25, 0.3) is 0 Å². The zero-order valence-corrected chi connectivity index (χ0v) is 7.09. The second-order valence-electron chi connectivity index (χ2n) is 2.41. The summed E-state index contributed by atoms with van der Waals surface area (Å²) < 4.78 is 0. The van der Waals surface area contributed by atoms with Crippen molar-refractivity contribution in [1.82, 2.24) is 0 Å². The molecule has 12 heavy (non-hydrogen) atoms. The van der Waals surface area contributed by atoms with Crippen molar-refractivity contribution in [3.05, 3.63) is 22.2 Å². The Hall–Kier alpha value is -1.22. The van der Waals surface area contributed by atoms with Crippen LogP contribution < -0.4 is 0 Å². The van der Waals surface area contributed by atoms with Crippen molar-refractivity contribution in [3.8, 4) is 11.5 Å². The van der Waals surface area contributed by atoms with Crippen LogP contribution in [0.5, 0.6) is 11.5 Å². The number of phenolic OH excluding ortho intramolecular Hbond substituents is 2. The number of hydrogen-bond donors (Lipinski definition) is 2. The largest absolute Gasteiger partial charge is 0.506 e. The van der Waals surface area contributed by atoms with Crippen LogP contribution in [0.2, 0.25) is 5.02 Å². The van der Waals surface area contributed by atoms with Crippen molar-refractivity contribution in [2.45, 2.75) is 6.92 Å². The van der Waals surface area contributed by atoms with Gasteiger partial charge in [-0.05, 0) is 18.6 Å². The Bertz CT molecular complexity index is 334. The van der Waals surface area contributed by atoms with Crippen molar-refractivity contribution < 1.29 is 15.0 Å². The Kier molecular flexibility index (Phi) is 2.24. The molecule has 1 rings (SSSR count). The van der Waals surface area contributed by atoms with Gasteiger partial charge in [-0.3, -0.25) is 4.79 Å². The maximum atomic E-state index is 10.4. The second kappa shape index (κ2) is 3.03. The second-order valence-corrected chi connectivity index (χ2v) is 2.78. The highest BCUT2D eigenvalue weighted by Crippen LogP contribution is 2.36. The first-order chi connectivity index (χ1) is 5.57. The van der Waals surface area contributed by atoms with Crippen LogP contribution in [-0.2, 0) is 0 Å². The van der Waals surface area contributed by atoms with E-state index >= 15 is 0 Å². The molecular formula is C8H7ClO3. The smallest absolute Gasteiger partial charge is 0.154 e. The molecule has 0 radical (unpaired) electrons. The van der Waals surface area contributed by atoms with Gasteiger partial charge in [-0.2, -0.15) is 0 Å². The maximum Gasteiger partial charge on any atom is 0.154 e. The van der Waals surface area contributed by atoms with E-state index in [0.717, 1.165) is 0 Å². The molecule has 3 nitrogen and oxygen atoms in total. The molecule has 0 aromatic heterocycles. The van der Waals surface area contributed by atoms with Crippen LogP contribution in [0.4, 0.5) is 0 Å². The molecule has 0 heterocycles. The molecule has 0 atom stereocenters. The average Bonchev–Trinajstić information content (AvgIpc) is 2.01. The van der Waals surface area contributed by atoms with Crippen molar-refractivity contribution in [2.24, 2.45) is 0 Å². The summed E-state index contributed by atoms with van der Waals surface area (Å²) in [5.41, 5.74) is 0.599. The molecule has 2 N–H and O–H groups in total. The standard InChI is InChI=1S/C8H7ClO3/c1-4-2-6(11)7(9)8(12)5(4)3-10/h2-3,11-12H,1H3. The third-order valence-corrected chi connectivity index (χ3v) is 1.96. The quantitative estimate of drug-likeness (QED) is 0.659. The lowest BCUT2D eigenvalue weighted by atomic mass is 10.1. The number of carbonyl (C=O) groups excluding carboxylic acids is 1. The van der Waals surface area contributed by atoms with E-state index in [1.165, 1.54) is 6.07 Å². The summed E-state index contributed by atoms with van der Waals surface area (Å²) in [6.45, 7) is 1.60. The monoisotopic (exact) mass is 186 g/mol. The fourth-order valence-electron chi connectivity index (χ4n) is 0.921. The summed E-state index contributed by atoms with van der Waals surface area (Å²) in [7, 11) is 0. The van der Waals surface area contributed by atoms with Gasteiger partial charge in [-0.15, -0.1) is 0 Å². The van der Waals surface area contributed by atoms with Gasteiger partial charge in [0.05, 0.1) is 5.56 Å². The first kappa shape index (κ1) is 8.87. The number of aromatic hydroxyl groups is 2. The molecule has 0 aliphatic carbocycles. The number of rotatable bonds is 1. The molecular weight excluding hydrogens is 180 g/mol. The van der Waals surface area contributed by atoms with E-state index in [1.54, 1.807) is 6.92 Å². The molecule has 0 unspecified atom stereocenters. The number of phenols is 2. The van der Waals surface area contributed by atoms with Gasteiger partial charge in [0.25, 0.3) is 0 Å². The highest BCUT2D eigenvalue weighted by atomic mass is 35.5. The molecule has 0 saturated carbocycles. The number of aldehydes is 1. The van der Waals surface area contributed by atoms with E-state index < -0.39 is 0 Å². The summed E-state index contributed by atoms with van der Waals surface area (Å²) in [4.78, 5) is 10.4. The zero-order chi connectivity index (χ0) is 9.30. The molecule has 0 bridgehead atoms. The predicted molar refractivity (Wildman–Crippen MR) is 44.9 cm³/mol. The lowest BCUT2D eigenvalue weighted by molar-refractivity contribution is 0.112. The summed E-state index contributed by atoms with van der Waals surface area (Å²) in [5.74, 6) is -0.596. The third kappa shape index (κ3) is 1.23. The summed E-state index contributed by atoms with van der Waals surface area (Å²) in [6, 6.07) is 1.33. The van der Waals surface area contributed by atoms with Gasteiger partial charge in [-0.25, -0.2) is 0 Å². The van der Waals surface area contributed by atoms with Gasteiger partial charge in [0.1, 0.15) is 16.5 Å². The van der Waals surface area contributed by atoms with Crippen molar-refractivity contribution in [2.75, 3.05) is 0 Å². The van der Waals surface area contributed by atoms with Crippen molar-refractivity contribution >= 4 is 17.9 Å². The Morgan fingerprint density at radius 1 is 1.50 bits per heavy atom. The molecule has 0 fully saturated rings. The lowest BCUT2D eigenvalue weighted by Crippen LogP contribution is -1.88. The Balaban J connectivity index is 3.51. The summed E-state index contributed by atoms with van der Waals surface area (Å²) in [5, 5.41) is 18.1. The molecule has 0 amide bonds. The molecule has 0 aliphatic rings. The van der Waals surface area contributed by atoms with Gasteiger partial charge in [0, 0.05) is 0 Å². The minimum absolute atomic E-state index is 0.109. The van der Waals surface area contributed by atoms with Gasteiger partial charge in [-0.1, -0.05) is 11.6 Å². The number of aryl methyl sites for hydroxylation is 1. The minimum Gasteiger partial charge on any atom is -0.506 e. The van der Waals surface area contributed by atoms with E-state index in [-0.39, 0.29) is 22.1 Å². The molecule has 64 valence electrons. The van der Waals surface area contributed by atoms with Crippen LogP contribution in [0, 0.1) is 6.92 Å². The van der Waals surface area contributed by atoms with Crippen LogP contribution in [-0.4, -0.2) is 16.5 Å². The van der Waals surface area contributed by atoms with Gasteiger partial charge in [0.15, 0.2) is 6.29 Å². The van der Waals surface area contributed by atoms with Crippen LogP contribution >= 0.6 is 11.6 Å². The first-order valence-corrected chi connectivity index (χ1v) is 3.62. The Labute approximate surface area is 74.2 Å². The molecule has 1 aromatic rings. The van der Waals surface area contributed by atoms with E-state index in [0.29, 0.717) is 11.8 Å². The van der Waals surface area contributed by atoms with E-state index in [2.05, 4.69) is 0 Å².